The molecule has 0 aliphatic heterocycles. The van der Waals surface area contributed by atoms with Crippen LogP contribution in [0.4, 0.5) is 0 Å². The van der Waals surface area contributed by atoms with Crippen LogP contribution in [0.15, 0.2) is 18.2 Å². The lowest BCUT2D eigenvalue weighted by atomic mass is 9.96. The van der Waals surface area contributed by atoms with Gasteiger partial charge >= 0.3 is 0 Å². The molecule has 2 heteroatoms. The second-order valence-corrected chi connectivity index (χ2v) is 3.58. The largest absolute Gasteiger partial charge is 0.496 e. The molecule has 1 aromatic rings. The van der Waals surface area contributed by atoms with Crippen molar-refractivity contribution in [2.75, 3.05) is 7.11 Å². The normalized spacial score (nSPS) is 12.6. The van der Waals surface area contributed by atoms with Crippen molar-refractivity contribution in [2.24, 2.45) is 5.73 Å². The molecule has 1 rings (SSSR count). The van der Waals surface area contributed by atoms with E-state index in [1.165, 1.54) is 5.56 Å². The minimum atomic E-state index is 0.535. The molecule has 2 N–H and O–H groups in total. The van der Waals surface area contributed by atoms with Gasteiger partial charge in [0.15, 0.2) is 0 Å². The van der Waals surface area contributed by atoms with Crippen LogP contribution in [0.3, 0.4) is 0 Å². The molecule has 1 atom stereocenters. The highest BCUT2D eigenvalue weighted by Crippen LogP contribution is 2.25. The molecule has 0 heterocycles. The van der Waals surface area contributed by atoms with E-state index in [-0.39, 0.29) is 0 Å². The Labute approximate surface area is 86.1 Å². The zero-order chi connectivity index (χ0) is 10.6. The number of nitrogens with two attached hydrogens (primary N) is 1. The fourth-order valence-corrected chi connectivity index (χ4v) is 1.50. The van der Waals surface area contributed by atoms with Gasteiger partial charge in [-0.1, -0.05) is 26.0 Å². The molecule has 0 aliphatic carbocycles. The number of ether oxygens (including phenoxy) is 1. The van der Waals surface area contributed by atoms with Crippen molar-refractivity contribution in [3.8, 4) is 5.75 Å². The quantitative estimate of drug-likeness (QED) is 0.798. The second-order valence-electron chi connectivity index (χ2n) is 3.58. The van der Waals surface area contributed by atoms with E-state index in [0.29, 0.717) is 12.5 Å². The lowest BCUT2D eigenvalue weighted by molar-refractivity contribution is 0.409. The summed E-state index contributed by atoms with van der Waals surface area (Å²) in [6.07, 6.45) is 1.15. The average Bonchev–Trinajstić information content (AvgIpc) is 2.26. The van der Waals surface area contributed by atoms with Crippen molar-refractivity contribution in [1.29, 1.82) is 0 Å². The molecule has 1 aromatic carbocycles. The van der Waals surface area contributed by atoms with Crippen LogP contribution in [0.1, 0.15) is 37.3 Å². The van der Waals surface area contributed by atoms with Crippen molar-refractivity contribution in [3.05, 3.63) is 29.3 Å². The van der Waals surface area contributed by atoms with Crippen molar-refractivity contribution < 1.29 is 4.74 Å². The van der Waals surface area contributed by atoms with Gasteiger partial charge in [-0.15, -0.1) is 0 Å². The Morgan fingerprint density at radius 3 is 2.64 bits per heavy atom. The molecule has 0 saturated heterocycles. The van der Waals surface area contributed by atoms with Crippen molar-refractivity contribution >= 4 is 0 Å². The van der Waals surface area contributed by atoms with Gasteiger partial charge in [-0.2, -0.15) is 0 Å². The Kier molecular flexibility index (Phi) is 3.96. The molecule has 78 valence electrons. The number of hydrogen-bond acceptors (Lipinski definition) is 2. The highest BCUT2D eigenvalue weighted by atomic mass is 16.5. The van der Waals surface area contributed by atoms with Crippen LogP contribution in [0.25, 0.3) is 0 Å². The fraction of sp³-hybridized carbons (Fsp3) is 0.500. The van der Waals surface area contributed by atoms with Gasteiger partial charge in [-0.05, 0) is 24.0 Å². The minimum Gasteiger partial charge on any atom is -0.496 e. The van der Waals surface area contributed by atoms with Gasteiger partial charge in [0, 0.05) is 12.1 Å². The Hall–Kier alpha value is -1.02. The smallest absolute Gasteiger partial charge is 0.123 e. The highest BCUT2D eigenvalue weighted by molar-refractivity contribution is 5.38. The summed E-state index contributed by atoms with van der Waals surface area (Å²) in [6.45, 7) is 4.95. The number of methoxy groups -OCH3 is 1. The molecule has 0 fully saturated rings. The zero-order valence-electron chi connectivity index (χ0n) is 9.21. The molecule has 0 radical (unpaired) electrons. The zero-order valence-corrected chi connectivity index (χ0v) is 9.21. The van der Waals surface area contributed by atoms with Gasteiger partial charge in [0.2, 0.25) is 0 Å². The van der Waals surface area contributed by atoms with Gasteiger partial charge in [0.25, 0.3) is 0 Å². The standard InChI is InChI=1S/C12H19NO/c1-4-9(2)10-5-6-12(14-3)11(7-10)8-13/h5-7,9H,4,8,13H2,1-3H3. The van der Waals surface area contributed by atoms with Gasteiger partial charge in [-0.3, -0.25) is 0 Å². The van der Waals surface area contributed by atoms with Crippen LogP contribution in [0.5, 0.6) is 5.75 Å². The van der Waals surface area contributed by atoms with Crippen LogP contribution in [0.2, 0.25) is 0 Å². The minimum absolute atomic E-state index is 0.535. The van der Waals surface area contributed by atoms with Crippen molar-refractivity contribution in [2.45, 2.75) is 32.7 Å². The predicted molar refractivity (Wildman–Crippen MR) is 59.6 cm³/mol. The maximum Gasteiger partial charge on any atom is 0.123 e. The first-order valence-corrected chi connectivity index (χ1v) is 5.09. The third-order valence-corrected chi connectivity index (χ3v) is 2.71. The monoisotopic (exact) mass is 193 g/mol. The first-order valence-electron chi connectivity index (χ1n) is 5.09. The maximum atomic E-state index is 5.66. The molecule has 14 heavy (non-hydrogen) atoms. The number of benzene rings is 1. The second kappa shape index (κ2) is 5.01. The Balaban J connectivity index is 3.01. The molecular formula is C12H19NO. The molecule has 0 amide bonds. The summed E-state index contributed by atoms with van der Waals surface area (Å²) in [5.74, 6) is 1.48. The summed E-state index contributed by atoms with van der Waals surface area (Å²) >= 11 is 0. The predicted octanol–water partition coefficient (Wildman–Crippen LogP) is 2.67. The third kappa shape index (κ3) is 2.26. The van der Waals surface area contributed by atoms with E-state index in [4.69, 9.17) is 10.5 Å². The fourth-order valence-electron chi connectivity index (χ4n) is 1.50. The molecule has 1 unspecified atom stereocenters. The maximum absolute atomic E-state index is 5.66. The van der Waals surface area contributed by atoms with Crippen LogP contribution in [0, 0.1) is 0 Å². The first-order chi connectivity index (χ1) is 6.72. The van der Waals surface area contributed by atoms with Crippen LogP contribution in [-0.4, -0.2) is 7.11 Å². The third-order valence-electron chi connectivity index (χ3n) is 2.71. The van der Waals surface area contributed by atoms with Gasteiger partial charge in [0.1, 0.15) is 5.75 Å². The Morgan fingerprint density at radius 1 is 1.43 bits per heavy atom. The molecule has 0 aromatic heterocycles. The number of hydrogen-bond donors (Lipinski definition) is 1. The molecule has 0 spiro atoms. The molecule has 0 bridgehead atoms. The Bertz CT molecular complexity index is 296. The lowest BCUT2D eigenvalue weighted by Gasteiger charge is -2.13. The molecule has 0 saturated carbocycles. The van der Waals surface area contributed by atoms with E-state index in [9.17, 15) is 0 Å². The summed E-state index contributed by atoms with van der Waals surface area (Å²) in [5, 5.41) is 0. The SMILES string of the molecule is CCC(C)c1ccc(OC)c(CN)c1. The van der Waals surface area contributed by atoms with E-state index in [0.717, 1.165) is 17.7 Å². The first kappa shape index (κ1) is 11.1. The Morgan fingerprint density at radius 2 is 2.14 bits per heavy atom. The average molecular weight is 193 g/mol. The highest BCUT2D eigenvalue weighted by Gasteiger charge is 2.06. The summed E-state index contributed by atoms with van der Waals surface area (Å²) in [5.41, 5.74) is 8.09. The lowest BCUT2D eigenvalue weighted by Crippen LogP contribution is -2.02. The van der Waals surface area contributed by atoms with Crippen LogP contribution >= 0.6 is 0 Å². The van der Waals surface area contributed by atoms with Crippen LogP contribution in [-0.2, 0) is 6.54 Å². The molecule has 2 nitrogen and oxygen atoms in total. The van der Waals surface area contributed by atoms with Crippen LogP contribution < -0.4 is 10.5 Å². The van der Waals surface area contributed by atoms with Gasteiger partial charge in [-0.25, -0.2) is 0 Å². The van der Waals surface area contributed by atoms with Crippen molar-refractivity contribution in [3.63, 3.8) is 0 Å². The summed E-state index contributed by atoms with van der Waals surface area (Å²) in [4.78, 5) is 0. The van der Waals surface area contributed by atoms with E-state index >= 15 is 0 Å². The topological polar surface area (TPSA) is 35.2 Å². The van der Waals surface area contributed by atoms with Gasteiger partial charge in [0.05, 0.1) is 7.11 Å². The van der Waals surface area contributed by atoms with E-state index in [2.05, 4.69) is 26.0 Å². The summed E-state index contributed by atoms with van der Waals surface area (Å²) in [6, 6.07) is 6.27. The van der Waals surface area contributed by atoms with Crippen molar-refractivity contribution in [1.82, 2.24) is 0 Å². The molecule has 0 aliphatic rings. The van der Waals surface area contributed by atoms with Gasteiger partial charge < -0.3 is 10.5 Å². The van der Waals surface area contributed by atoms with E-state index < -0.39 is 0 Å². The number of rotatable bonds is 4. The van der Waals surface area contributed by atoms with E-state index in [1.54, 1.807) is 7.11 Å². The summed E-state index contributed by atoms with van der Waals surface area (Å²) in [7, 11) is 1.68. The van der Waals surface area contributed by atoms with E-state index in [1.807, 2.05) is 6.07 Å². The molecular weight excluding hydrogens is 174 g/mol. The summed E-state index contributed by atoms with van der Waals surface area (Å²) < 4.78 is 5.22.